The maximum absolute atomic E-state index is 12.5. The SMILES string of the molecule is Cc1cc(NC(=O)c2ccco2)ccc1NC(=O)c1cccc(S(C)(=O)=O)c1. The van der Waals surface area contributed by atoms with E-state index in [-0.39, 0.29) is 22.1 Å². The van der Waals surface area contributed by atoms with Crippen molar-refractivity contribution in [1.82, 2.24) is 0 Å². The smallest absolute Gasteiger partial charge is 0.291 e. The first-order valence-electron chi connectivity index (χ1n) is 8.31. The summed E-state index contributed by atoms with van der Waals surface area (Å²) >= 11 is 0. The molecule has 0 saturated carbocycles. The van der Waals surface area contributed by atoms with Crippen LogP contribution in [0.5, 0.6) is 0 Å². The molecule has 1 heterocycles. The van der Waals surface area contributed by atoms with Gasteiger partial charge >= 0.3 is 0 Å². The summed E-state index contributed by atoms with van der Waals surface area (Å²) in [6, 6.07) is 14.0. The Hall–Kier alpha value is -3.39. The number of aryl methyl sites for hydroxylation is 1. The topological polar surface area (TPSA) is 105 Å². The van der Waals surface area contributed by atoms with Gasteiger partial charge in [-0.05, 0) is 61.0 Å². The van der Waals surface area contributed by atoms with E-state index in [9.17, 15) is 18.0 Å². The fourth-order valence-corrected chi connectivity index (χ4v) is 3.21. The van der Waals surface area contributed by atoms with Crippen LogP contribution < -0.4 is 10.6 Å². The Labute approximate surface area is 162 Å². The molecule has 0 aliphatic heterocycles. The summed E-state index contributed by atoms with van der Waals surface area (Å²) in [5.74, 6) is -0.611. The van der Waals surface area contributed by atoms with Crippen LogP contribution in [0.1, 0.15) is 26.5 Å². The molecule has 144 valence electrons. The summed E-state index contributed by atoms with van der Waals surface area (Å²) in [5, 5.41) is 5.46. The van der Waals surface area contributed by atoms with E-state index < -0.39 is 15.7 Å². The van der Waals surface area contributed by atoms with E-state index >= 15 is 0 Å². The van der Waals surface area contributed by atoms with Crippen LogP contribution in [0.2, 0.25) is 0 Å². The van der Waals surface area contributed by atoms with Crippen molar-refractivity contribution >= 4 is 33.0 Å². The number of carbonyl (C=O) groups is 2. The van der Waals surface area contributed by atoms with Crippen molar-refractivity contribution in [2.75, 3.05) is 16.9 Å². The lowest BCUT2D eigenvalue weighted by molar-refractivity contribution is 0.0994. The van der Waals surface area contributed by atoms with Crippen LogP contribution in [-0.4, -0.2) is 26.5 Å². The van der Waals surface area contributed by atoms with Gasteiger partial charge in [-0.25, -0.2) is 8.42 Å². The van der Waals surface area contributed by atoms with Crippen molar-refractivity contribution in [3.8, 4) is 0 Å². The summed E-state index contributed by atoms with van der Waals surface area (Å²) in [5.41, 5.74) is 2.06. The predicted molar refractivity (Wildman–Crippen MR) is 105 cm³/mol. The predicted octanol–water partition coefficient (Wildman–Crippen LogP) is 3.50. The zero-order valence-electron chi connectivity index (χ0n) is 15.2. The third-order valence-electron chi connectivity index (χ3n) is 4.00. The number of benzene rings is 2. The Kier molecular flexibility index (Phi) is 5.32. The van der Waals surface area contributed by atoms with Gasteiger partial charge in [0.15, 0.2) is 15.6 Å². The third kappa shape index (κ3) is 4.47. The van der Waals surface area contributed by atoms with Crippen molar-refractivity contribution in [2.45, 2.75) is 11.8 Å². The summed E-state index contributed by atoms with van der Waals surface area (Å²) in [6.45, 7) is 1.78. The highest BCUT2D eigenvalue weighted by Gasteiger charge is 2.14. The Morgan fingerprint density at radius 1 is 0.929 bits per heavy atom. The molecule has 2 amide bonds. The second-order valence-electron chi connectivity index (χ2n) is 6.22. The minimum absolute atomic E-state index is 0.0767. The van der Waals surface area contributed by atoms with Crippen LogP contribution in [0.3, 0.4) is 0 Å². The van der Waals surface area contributed by atoms with E-state index in [1.165, 1.54) is 30.5 Å². The Balaban J connectivity index is 1.74. The first-order valence-corrected chi connectivity index (χ1v) is 10.2. The monoisotopic (exact) mass is 398 g/mol. The number of hydrogen-bond donors (Lipinski definition) is 2. The summed E-state index contributed by atoms with van der Waals surface area (Å²) in [6.07, 6.45) is 2.50. The van der Waals surface area contributed by atoms with Crippen molar-refractivity contribution in [3.63, 3.8) is 0 Å². The fraction of sp³-hybridized carbons (Fsp3) is 0.100. The number of furan rings is 1. The molecule has 2 aromatic carbocycles. The molecule has 2 N–H and O–H groups in total. The number of rotatable bonds is 5. The van der Waals surface area contributed by atoms with Crippen molar-refractivity contribution in [3.05, 3.63) is 77.7 Å². The molecule has 0 saturated heterocycles. The van der Waals surface area contributed by atoms with Crippen LogP contribution in [0, 0.1) is 6.92 Å². The lowest BCUT2D eigenvalue weighted by Gasteiger charge is -2.11. The lowest BCUT2D eigenvalue weighted by atomic mass is 10.1. The molecular weight excluding hydrogens is 380 g/mol. The normalized spacial score (nSPS) is 11.1. The van der Waals surface area contributed by atoms with E-state index in [0.717, 1.165) is 11.8 Å². The van der Waals surface area contributed by atoms with Crippen molar-refractivity contribution in [2.24, 2.45) is 0 Å². The molecule has 0 spiro atoms. The van der Waals surface area contributed by atoms with Gasteiger partial charge in [-0.2, -0.15) is 0 Å². The van der Waals surface area contributed by atoms with Crippen LogP contribution in [0.4, 0.5) is 11.4 Å². The molecule has 3 rings (SSSR count). The van der Waals surface area contributed by atoms with Gasteiger partial charge in [0.2, 0.25) is 0 Å². The molecular formula is C20H18N2O5S. The molecule has 0 unspecified atom stereocenters. The van der Waals surface area contributed by atoms with Crippen LogP contribution in [0.15, 0.2) is 70.2 Å². The molecule has 0 bridgehead atoms. The minimum Gasteiger partial charge on any atom is -0.459 e. The number of sulfone groups is 1. The van der Waals surface area contributed by atoms with Gasteiger partial charge in [-0.3, -0.25) is 9.59 Å². The molecule has 1 aromatic heterocycles. The average Bonchev–Trinajstić information content (AvgIpc) is 3.18. The largest absolute Gasteiger partial charge is 0.459 e. The first kappa shape index (κ1) is 19.4. The average molecular weight is 398 g/mol. The van der Waals surface area contributed by atoms with Gasteiger partial charge in [0, 0.05) is 23.2 Å². The Bertz CT molecular complexity index is 1140. The van der Waals surface area contributed by atoms with Gasteiger partial charge in [0.25, 0.3) is 11.8 Å². The zero-order valence-corrected chi connectivity index (χ0v) is 16.0. The lowest BCUT2D eigenvalue weighted by Crippen LogP contribution is -2.14. The van der Waals surface area contributed by atoms with E-state index in [1.807, 2.05) is 0 Å². The number of hydrogen-bond acceptors (Lipinski definition) is 5. The second-order valence-corrected chi connectivity index (χ2v) is 8.23. The maximum Gasteiger partial charge on any atom is 0.291 e. The standard InChI is InChI=1S/C20H18N2O5S/c1-13-11-15(21-20(24)18-7-4-10-27-18)8-9-17(13)22-19(23)14-5-3-6-16(12-14)28(2,25)26/h3-12H,1-2H3,(H,21,24)(H,22,23). The van der Waals surface area contributed by atoms with Gasteiger partial charge < -0.3 is 15.1 Å². The van der Waals surface area contributed by atoms with Gasteiger partial charge in [-0.1, -0.05) is 6.07 Å². The number of carbonyl (C=O) groups excluding carboxylic acids is 2. The number of nitrogens with one attached hydrogen (secondary N) is 2. The third-order valence-corrected chi connectivity index (χ3v) is 5.11. The molecule has 0 fully saturated rings. The van der Waals surface area contributed by atoms with E-state index in [1.54, 1.807) is 37.3 Å². The zero-order chi connectivity index (χ0) is 20.3. The van der Waals surface area contributed by atoms with Crippen molar-refractivity contribution < 1.29 is 22.4 Å². The molecule has 0 aliphatic rings. The van der Waals surface area contributed by atoms with Crippen LogP contribution >= 0.6 is 0 Å². The highest BCUT2D eigenvalue weighted by Crippen LogP contribution is 2.21. The quantitative estimate of drug-likeness (QED) is 0.684. The first-order chi connectivity index (χ1) is 13.2. The molecule has 28 heavy (non-hydrogen) atoms. The summed E-state index contributed by atoms with van der Waals surface area (Å²) in [7, 11) is -3.40. The highest BCUT2D eigenvalue weighted by atomic mass is 32.2. The van der Waals surface area contributed by atoms with E-state index in [0.29, 0.717) is 11.4 Å². The molecule has 8 heteroatoms. The van der Waals surface area contributed by atoms with Gasteiger partial charge in [0.1, 0.15) is 0 Å². The molecule has 3 aromatic rings. The Morgan fingerprint density at radius 2 is 1.71 bits per heavy atom. The van der Waals surface area contributed by atoms with Crippen LogP contribution in [0.25, 0.3) is 0 Å². The Morgan fingerprint density at radius 3 is 2.36 bits per heavy atom. The fourth-order valence-electron chi connectivity index (χ4n) is 2.54. The van der Waals surface area contributed by atoms with E-state index in [4.69, 9.17) is 4.42 Å². The minimum atomic E-state index is -3.40. The van der Waals surface area contributed by atoms with Gasteiger partial charge in [-0.15, -0.1) is 0 Å². The summed E-state index contributed by atoms with van der Waals surface area (Å²) in [4.78, 5) is 24.6. The van der Waals surface area contributed by atoms with Gasteiger partial charge in [0.05, 0.1) is 11.2 Å². The molecule has 0 aliphatic carbocycles. The number of anilines is 2. The number of amides is 2. The van der Waals surface area contributed by atoms with Crippen molar-refractivity contribution in [1.29, 1.82) is 0 Å². The molecule has 0 atom stereocenters. The van der Waals surface area contributed by atoms with E-state index in [2.05, 4.69) is 10.6 Å². The molecule has 0 radical (unpaired) electrons. The summed E-state index contributed by atoms with van der Waals surface area (Å²) < 4.78 is 28.4. The highest BCUT2D eigenvalue weighted by molar-refractivity contribution is 7.90. The molecule has 7 nitrogen and oxygen atoms in total. The second kappa shape index (κ2) is 7.69. The maximum atomic E-state index is 12.5. The van der Waals surface area contributed by atoms with Crippen LogP contribution in [-0.2, 0) is 9.84 Å².